The highest BCUT2D eigenvalue weighted by atomic mass is 16.5. The number of likely N-dealkylation sites (tertiary alicyclic amines) is 1. The van der Waals surface area contributed by atoms with Gasteiger partial charge in [-0.2, -0.15) is 0 Å². The minimum Gasteiger partial charge on any atom is -0.377 e. The molecule has 0 aromatic heterocycles. The summed E-state index contributed by atoms with van der Waals surface area (Å²) in [6, 6.07) is 15.4. The predicted molar refractivity (Wildman–Crippen MR) is 102 cm³/mol. The lowest BCUT2D eigenvalue weighted by Gasteiger charge is -2.42. The minimum atomic E-state index is 0.0411. The predicted octanol–water partition coefficient (Wildman–Crippen LogP) is 3.42. The van der Waals surface area contributed by atoms with Gasteiger partial charge in [-0.05, 0) is 49.7 Å². The number of fused-ring (bicyclic) bond motifs is 1. The Morgan fingerprint density at radius 1 is 1.04 bits per heavy atom. The third kappa shape index (κ3) is 3.97. The Labute approximate surface area is 146 Å². The largest absolute Gasteiger partial charge is 0.377 e. The molecule has 24 heavy (non-hydrogen) atoms. The van der Waals surface area contributed by atoms with Crippen LogP contribution in [0.4, 0.5) is 0 Å². The van der Waals surface area contributed by atoms with E-state index in [0.717, 1.165) is 45.4 Å². The number of hydrogen-bond donors (Lipinski definition) is 0. The first-order valence-corrected chi connectivity index (χ1v) is 9.01. The van der Waals surface area contributed by atoms with Gasteiger partial charge in [0, 0.05) is 33.3 Å². The van der Waals surface area contributed by atoms with Gasteiger partial charge in [0.05, 0.1) is 5.60 Å². The van der Waals surface area contributed by atoms with Crippen molar-refractivity contribution in [3.8, 4) is 0 Å². The van der Waals surface area contributed by atoms with Crippen molar-refractivity contribution in [2.75, 3.05) is 47.4 Å². The van der Waals surface area contributed by atoms with E-state index in [0.29, 0.717) is 0 Å². The van der Waals surface area contributed by atoms with Gasteiger partial charge in [0.2, 0.25) is 0 Å². The van der Waals surface area contributed by atoms with E-state index in [-0.39, 0.29) is 5.60 Å². The number of piperidine rings is 1. The number of hydrogen-bond acceptors (Lipinski definition) is 3. The fraction of sp³-hybridized carbons (Fsp3) is 0.524. The summed E-state index contributed by atoms with van der Waals surface area (Å²) in [7, 11) is 6.14. The summed E-state index contributed by atoms with van der Waals surface area (Å²) in [6.45, 7) is 4.41. The molecule has 0 radical (unpaired) electrons. The molecular formula is C21H30N2O. The number of benzene rings is 2. The molecule has 0 aliphatic carbocycles. The minimum absolute atomic E-state index is 0.0411. The van der Waals surface area contributed by atoms with Gasteiger partial charge in [0.15, 0.2) is 0 Å². The van der Waals surface area contributed by atoms with Crippen LogP contribution in [0.15, 0.2) is 42.5 Å². The maximum absolute atomic E-state index is 5.89. The average molecular weight is 326 g/mol. The van der Waals surface area contributed by atoms with E-state index in [2.05, 4.69) is 66.4 Å². The lowest BCUT2D eigenvalue weighted by atomic mass is 9.90. The lowest BCUT2D eigenvalue weighted by Crippen LogP contribution is -2.51. The molecule has 1 aliphatic heterocycles. The maximum Gasteiger partial charge on any atom is 0.0829 e. The normalized spacial score (nSPS) is 18.3. The smallest absolute Gasteiger partial charge is 0.0829 e. The molecular weight excluding hydrogens is 296 g/mol. The van der Waals surface area contributed by atoms with Crippen molar-refractivity contribution in [3.05, 3.63) is 48.0 Å². The second kappa shape index (κ2) is 7.64. The zero-order valence-electron chi connectivity index (χ0n) is 15.3. The molecule has 0 saturated carbocycles. The first-order valence-electron chi connectivity index (χ1n) is 9.01. The summed E-state index contributed by atoms with van der Waals surface area (Å²) in [5.74, 6) is 0. The molecule has 130 valence electrons. The molecule has 1 aliphatic rings. The summed E-state index contributed by atoms with van der Waals surface area (Å²) >= 11 is 0. The van der Waals surface area contributed by atoms with Gasteiger partial charge in [0.25, 0.3) is 0 Å². The van der Waals surface area contributed by atoms with Gasteiger partial charge < -0.3 is 14.5 Å². The first-order chi connectivity index (χ1) is 11.6. The molecule has 0 N–H and O–H groups in total. The van der Waals surface area contributed by atoms with E-state index < -0.39 is 0 Å². The highest BCUT2D eigenvalue weighted by Gasteiger charge is 2.34. The molecule has 0 bridgehead atoms. The fourth-order valence-electron chi connectivity index (χ4n) is 3.98. The molecule has 3 rings (SSSR count). The average Bonchev–Trinajstić information content (AvgIpc) is 2.60. The van der Waals surface area contributed by atoms with E-state index in [1.165, 1.54) is 16.3 Å². The van der Waals surface area contributed by atoms with Gasteiger partial charge in [0.1, 0.15) is 0 Å². The van der Waals surface area contributed by atoms with Crippen molar-refractivity contribution in [3.63, 3.8) is 0 Å². The van der Waals surface area contributed by atoms with Crippen molar-refractivity contribution in [2.45, 2.75) is 24.9 Å². The molecule has 3 heteroatoms. The van der Waals surface area contributed by atoms with E-state index in [4.69, 9.17) is 4.74 Å². The van der Waals surface area contributed by atoms with Crippen molar-refractivity contribution < 1.29 is 4.74 Å². The summed E-state index contributed by atoms with van der Waals surface area (Å²) in [5, 5.41) is 2.74. The molecule has 0 amide bonds. The Balaban J connectivity index is 1.58. The topological polar surface area (TPSA) is 15.7 Å². The summed E-state index contributed by atoms with van der Waals surface area (Å²) in [6.07, 6.45) is 3.36. The molecule has 1 fully saturated rings. The molecule has 0 atom stereocenters. The van der Waals surface area contributed by atoms with Crippen LogP contribution in [-0.4, -0.2) is 62.8 Å². The Morgan fingerprint density at radius 2 is 1.75 bits per heavy atom. The molecule has 3 nitrogen and oxygen atoms in total. The Morgan fingerprint density at radius 3 is 2.46 bits per heavy atom. The van der Waals surface area contributed by atoms with E-state index in [9.17, 15) is 0 Å². The molecule has 1 saturated heterocycles. The third-order valence-corrected chi connectivity index (χ3v) is 5.38. The van der Waals surface area contributed by atoms with Gasteiger partial charge in [-0.15, -0.1) is 0 Å². The van der Waals surface area contributed by atoms with Gasteiger partial charge in [-0.25, -0.2) is 0 Å². The molecule has 0 spiro atoms. The summed E-state index contributed by atoms with van der Waals surface area (Å²) in [4.78, 5) is 4.84. The zero-order chi connectivity index (χ0) is 17.0. The van der Waals surface area contributed by atoms with Crippen LogP contribution in [0, 0.1) is 0 Å². The lowest BCUT2D eigenvalue weighted by molar-refractivity contribution is -0.0698. The van der Waals surface area contributed by atoms with Crippen molar-refractivity contribution >= 4 is 10.8 Å². The van der Waals surface area contributed by atoms with Crippen LogP contribution >= 0.6 is 0 Å². The van der Waals surface area contributed by atoms with Crippen molar-refractivity contribution in [1.82, 2.24) is 9.80 Å². The summed E-state index contributed by atoms with van der Waals surface area (Å²) in [5.41, 5.74) is 1.50. The van der Waals surface area contributed by atoms with Gasteiger partial charge in [-0.1, -0.05) is 42.5 Å². The second-order valence-electron chi connectivity index (χ2n) is 7.35. The zero-order valence-corrected chi connectivity index (χ0v) is 15.3. The number of likely N-dealkylation sites (N-methyl/N-ethyl adjacent to an activating group) is 1. The van der Waals surface area contributed by atoms with Crippen LogP contribution in [-0.2, 0) is 11.2 Å². The van der Waals surface area contributed by atoms with Crippen LogP contribution in [0.5, 0.6) is 0 Å². The van der Waals surface area contributed by atoms with Crippen LogP contribution in [0.3, 0.4) is 0 Å². The van der Waals surface area contributed by atoms with Crippen molar-refractivity contribution in [2.24, 2.45) is 0 Å². The second-order valence-corrected chi connectivity index (χ2v) is 7.35. The fourth-order valence-corrected chi connectivity index (χ4v) is 3.98. The first kappa shape index (κ1) is 17.4. The molecule has 1 heterocycles. The van der Waals surface area contributed by atoms with Gasteiger partial charge in [-0.3, -0.25) is 0 Å². The number of ether oxygens (including phenoxy) is 1. The van der Waals surface area contributed by atoms with Crippen LogP contribution in [0.25, 0.3) is 10.8 Å². The number of methoxy groups -OCH3 is 1. The van der Waals surface area contributed by atoms with E-state index in [1.807, 2.05) is 7.11 Å². The van der Waals surface area contributed by atoms with Crippen LogP contribution in [0.2, 0.25) is 0 Å². The van der Waals surface area contributed by atoms with Crippen LogP contribution in [0.1, 0.15) is 18.4 Å². The van der Waals surface area contributed by atoms with E-state index in [1.54, 1.807) is 0 Å². The standard InChI is InChI=1S/C21H30N2O/c1-22(2)17-21(24-3)12-15-23(16-13-21)14-11-19-9-6-8-18-7-4-5-10-20(18)19/h4-10H,11-17H2,1-3H3. The number of nitrogens with zero attached hydrogens (tertiary/aromatic N) is 2. The van der Waals surface area contributed by atoms with Gasteiger partial charge >= 0.3 is 0 Å². The summed E-state index contributed by atoms with van der Waals surface area (Å²) < 4.78 is 5.89. The Hall–Kier alpha value is -1.42. The highest BCUT2D eigenvalue weighted by molar-refractivity contribution is 5.85. The Kier molecular flexibility index (Phi) is 5.54. The van der Waals surface area contributed by atoms with Crippen LogP contribution < -0.4 is 0 Å². The molecule has 2 aromatic rings. The van der Waals surface area contributed by atoms with Crippen molar-refractivity contribution in [1.29, 1.82) is 0 Å². The van der Waals surface area contributed by atoms with E-state index >= 15 is 0 Å². The molecule has 2 aromatic carbocycles. The maximum atomic E-state index is 5.89. The highest BCUT2D eigenvalue weighted by Crippen LogP contribution is 2.27. The quantitative estimate of drug-likeness (QED) is 0.809. The molecule has 0 unspecified atom stereocenters. The third-order valence-electron chi connectivity index (χ3n) is 5.38. The SMILES string of the molecule is COC1(CN(C)C)CCN(CCc2cccc3ccccc23)CC1. The number of rotatable bonds is 6. The monoisotopic (exact) mass is 326 g/mol. The Bertz CT molecular complexity index is 654.